The lowest BCUT2D eigenvalue weighted by molar-refractivity contribution is -0.158. The lowest BCUT2D eigenvalue weighted by Crippen LogP contribution is -2.56. The van der Waals surface area contributed by atoms with Crippen LogP contribution in [0.1, 0.15) is 31.4 Å². The Bertz CT molecular complexity index is 787. The minimum Gasteiger partial charge on any atom is -0.330 e. The Labute approximate surface area is 152 Å². The maximum Gasteiger partial charge on any atom is 0.312 e. The van der Waals surface area contributed by atoms with Crippen molar-refractivity contribution >= 4 is 11.8 Å². The molecule has 1 aliphatic heterocycles. The number of carbonyl (C=O) groups is 2. The summed E-state index contributed by atoms with van der Waals surface area (Å²) in [5.41, 5.74) is 2.30. The molecule has 0 N–H and O–H groups in total. The summed E-state index contributed by atoms with van der Waals surface area (Å²) in [5.74, 6) is -0.802. The summed E-state index contributed by atoms with van der Waals surface area (Å²) in [6, 6.07) is 7.71. The van der Waals surface area contributed by atoms with Gasteiger partial charge in [0.2, 0.25) is 0 Å². The molecule has 1 saturated carbocycles. The third kappa shape index (κ3) is 3.29. The second-order valence-corrected chi connectivity index (χ2v) is 6.82. The number of carbonyl (C=O) groups excluding carboxylic acids is 2. The van der Waals surface area contributed by atoms with E-state index in [1.165, 1.54) is 0 Å². The molecule has 7 heteroatoms. The van der Waals surface area contributed by atoms with Crippen molar-refractivity contribution in [2.75, 3.05) is 13.1 Å². The van der Waals surface area contributed by atoms with Crippen LogP contribution in [0.25, 0.3) is 11.3 Å². The average molecular weight is 351 g/mol. The number of amides is 2. The van der Waals surface area contributed by atoms with Crippen LogP contribution in [0.4, 0.5) is 0 Å². The standard InChI is InChI=1S/C19H21N5O2/c25-18-19(26)24(16-5-1-2-6-16)11-10-23(18)13-15-7-8-17(22-21-15)14-4-3-9-20-12-14/h3-4,7-9,12,16H,1-2,5-6,10-11,13H2. The molecule has 0 atom stereocenters. The van der Waals surface area contributed by atoms with Crippen LogP contribution in [0.2, 0.25) is 0 Å². The van der Waals surface area contributed by atoms with E-state index >= 15 is 0 Å². The quantitative estimate of drug-likeness (QED) is 0.783. The number of pyridine rings is 1. The molecule has 2 aromatic rings. The number of rotatable bonds is 4. The van der Waals surface area contributed by atoms with Gasteiger partial charge in [0.05, 0.1) is 17.9 Å². The summed E-state index contributed by atoms with van der Waals surface area (Å²) < 4.78 is 0. The van der Waals surface area contributed by atoms with E-state index in [0.29, 0.717) is 25.3 Å². The summed E-state index contributed by atoms with van der Waals surface area (Å²) in [6.45, 7) is 1.47. The maximum atomic E-state index is 12.5. The van der Waals surface area contributed by atoms with Gasteiger partial charge in [-0.25, -0.2) is 0 Å². The number of hydrogen-bond donors (Lipinski definition) is 0. The molecule has 0 bridgehead atoms. The van der Waals surface area contributed by atoms with E-state index in [1.54, 1.807) is 22.2 Å². The van der Waals surface area contributed by atoms with Crippen LogP contribution in [0.5, 0.6) is 0 Å². The van der Waals surface area contributed by atoms with Gasteiger partial charge in [-0.2, -0.15) is 10.2 Å². The van der Waals surface area contributed by atoms with E-state index in [4.69, 9.17) is 0 Å². The van der Waals surface area contributed by atoms with Gasteiger partial charge in [-0.15, -0.1) is 0 Å². The summed E-state index contributed by atoms with van der Waals surface area (Å²) in [7, 11) is 0. The highest BCUT2D eigenvalue weighted by Crippen LogP contribution is 2.25. The Morgan fingerprint density at radius 2 is 1.85 bits per heavy atom. The molecule has 134 valence electrons. The van der Waals surface area contributed by atoms with Crippen LogP contribution >= 0.6 is 0 Å². The summed E-state index contributed by atoms with van der Waals surface area (Å²) >= 11 is 0. The zero-order valence-corrected chi connectivity index (χ0v) is 14.5. The van der Waals surface area contributed by atoms with Crippen molar-refractivity contribution in [1.82, 2.24) is 25.0 Å². The Balaban J connectivity index is 1.41. The Morgan fingerprint density at radius 3 is 2.54 bits per heavy atom. The van der Waals surface area contributed by atoms with Gasteiger partial charge in [0.1, 0.15) is 0 Å². The summed E-state index contributed by atoms with van der Waals surface area (Å²) in [6.07, 6.45) is 7.75. The number of piperazine rings is 1. The first kappa shape index (κ1) is 16.6. The minimum absolute atomic E-state index is 0.243. The molecule has 2 aliphatic rings. The monoisotopic (exact) mass is 351 g/mol. The summed E-state index contributed by atoms with van der Waals surface area (Å²) in [4.78, 5) is 32.3. The van der Waals surface area contributed by atoms with Gasteiger partial charge in [-0.3, -0.25) is 14.6 Å². The fourth-order valence-corrected chi connectivity index (χ4v) is 3.71. The largest absolute Gasteiger partial charge is 0.330 e. The first-order chi connectivity index (χ1) is 12.7. The smallest absolute Gasteiger partial charge is 0.312 e. The highest BCUT2D eigenvalue weighted by molar-refractivity contribution is 6.35. The first-order valence-corrected chi connectivity index (χ1v) is 9.05. The van der Waals surface area contributed by atoms with Crippen molar-refractivity contribution in [1.29, 1.82) is 0 Å². The average Bonchev–Trinajstić information content (AvgIpc) is 3.21. The van der Waals surface area contributed by atoms with Gasteiger partial charge >= 0.3 is 11.8 Å². The van der Waals surface area contributed by atoms with Crippen molar-refractivity contribution < 1.29 is 9.59 Å². The van der Waals surface area contributed by atoms with Crippen LogP contribution in [0.15, 0.2) is 36.7 Å². The molecule has 2 amide bonds. The highest BCUT2D eigenvalue weighted by Gasteiger charge is 2.37. The van der Waals surface area contributed by atoms with Crippen LogP contribution in [-0.2, 0) is 16.1 Å². The molecule has 4 rings (SSSR count). The van der Waals surface area contributed by atoms with E-state index in [1.807, 2.05) is 24.3 Å². The molecule has 0 unspecified atom stereocenters. The zero-order chi connectivity index (χ0) is 17.9. The normalized spacial score (nSPS) is 18.6. The van der Waals surface area contributed by atoms with Gasteiger partial charge in [-0.1, -0.05) is 12.8 Å². The maximum absolute atomic E-state index is 12.5. The topological polar surface area (TPSA) is 79.3 Å². The van der Waals surface area contributed by atoms with Crippen molar-refractivity contribution in [3.63, 3.8) is 0 Å². The Morgan fingerprint density at radius 1 is 1.00 bits per heavy atom. The van der Waals surface area contributed by atoms with E-state index in [2.05, 4.69) is 15.2 Å². The van der Waals surface area contributed by atoms with Crippen LogP contribution in [-0.4, -0.2) is 55.9 Å². The Hall–Kier alpha value is -2.83. The molecule has 3 heterocycles. The van der Waals surface area contributed by atoms with E-state index in [0.717, 1.165) is 36.9 Å². The van der Waals surface area contributed by atoms with Gasteiger partial charge in [0.15, 0.2) is 0 Å². The minimum atomic E-state index is -0.429. The van der Waals surface area contributed by atoms with E-state index in [9.17, 15) is 9.59 Å². The lowest BCUT2D eigenvalue weighted by atomic mass is 10.1. The molecule has 2 aromatic heterocycles. The van der Waals surface area contributed by atoms with E-state index in [-0.39, 0.29) is 11.9 Å². The predicted octanol–water partition coefficient (Wildman–Crippen LogP) is 1.65. The van der Waals surface area contributed by atoms with Crippen LogP contribution in [0.3, 0.4) is 0 Å². The first-order valence-electron chi connectivity index (χ1n) is 9.05. The molecule has 0 spiro atoms. The SMILES string of the molecule is O=C1C(=O)N(C2CCCC2)CCN1Cc1ccc(-c2cccnc2)nn1. The fraction of sp³-hybridized carbons (Fsp3) is 0.421. The fourth-order valence-electron chi connectivity index (χ4n) is 3.71. The van der Waals surface area contributed by atoms with Gasteiger partial charge in [-0.05, 0) is 37.1 Å². The van der Waals surface area contributed by atoms with Gasteiger partial charge in [0.25, 0.3) is 0 Å². The lowest BCUT2D eigenvalue weighted by Gasteiger charge is -2.36. The second-order valence-electron chi connectivity index (χ2n) is 6.82. The van der Waals surface area contributed by atoms with Crippen LogP contribution in [0, 0.1) is 0 Å². The van der Waals surface area contributed by atoms with Crippen molar-refractivity contribution in [2.45, 2.75) is 38.3 Å². The molecular weight excluding hydrogens is 330 g/mol. The van der Waals surface area contributed by atoms with Gasteiger partial charge < -0.3 is 9.80 Å². The van der Waals surface area contributed by atoms with Crippen molar-refractivity contribution in [2.24, 2.45) is 0 Å². The molecule has 1 aliphatic carbocycles. The molecule has 7 nitrogen and oxygen atoms in total. The van der Waals surface area contributed by atoms with Crippen LogP contribution < -0.4 is 0 Å². The molecule has 26 heavy (non-hydrogen) atoms. The van der Waals surface area contributed by atoms with Crippen molar-refractivity contribution in [3.8, 4) is 11.3 Å². The summed E-state index contributed by atoms with van der Waals surface area (Å²) in [5, 5.41) is 8.42. The zero-order valence-electron chi connectivity index (χ0n) is 14.5. The Kier molecular flexibility index (Phi) is 4.60. The molecule has 0 aromatic carbocycles. The van der Waals surface area contributed by atoms with Crippen molar-refractivity contribution in [3.05, 3.63) is 42.4 Å². The van der Waals surface area contributed by atoms with Gasteiger partial charge in [0, 0.05) is 37.1 Å². The molecule has 2 fully saturated rings. The number of nitrogens with zero attached hydrogens (tertiary/aromatic N) is 5. The predicted molar refractivity (Wildman–Crippen MR) is 94.6 cm³/mol. The van der Waals surface area contributed by atoms with E-state index < -0.39 is 5.91 Å². The number of aromatic nitrogens is 3. The second kappa shape index (κ2) is 7.19. The molecular formula is C19H21N5O2. The highest BCUT2D eigenvalue weighted by atomic mass is 16.2. The number of hydrogen-bond acceptors (Lipinski definition) is 5. The third-order valence-electron chi connectivity index (χ3n) is 5.14. The molecule has 0 radical (unpaired) electrons. The molecule has 1 saturated heterocycles. The third-order valence-corrected chi connectivity index (χ3v) is 5.14.